The molecule has 0 fully saturated rings. The number of allylic oxidation sites excluding steroid dienone is 3. The summed E-state index contributed by atoms with van der Waals surface area (Å²) >= 11 is 0. The van der Waals surface area contributed by atoms with Crippen LogP contribution in [0.15, 0.2) is 48.8 Å². The highest BCUT2D eigenvalue weighted by Gasteiger charge is 1.92. The zero-order chi connectivity index (χ0) is 10.2. The first-order chi connectivity index (χ1) is 6.86. The summed E-state index contributed by atoms with van der Waals surface area (Å²) in [5, 5.41) is 0. The van der Waals surface area contributed by atoms with Crippen molar-refractivity contribution in [3.63, 3.8) is 0 Å². The van der Waals surface area contributed by atoms with Crippen LogP contribution in [0.5, 0.6) is 5.75 Å². The minimum atomic E-state index is 0.613. The van der Waals surface area contributed by atoms with Crippen LogP contribution in [0.2, 0.25) is 0 Å². The molecule has 0 atom stereocenters. The first kappa shape index (κ1) is 10.3. The molecule has 0 aliphatic rings. The molecule has 0 bridgehead atoms. The maximum absolute atomic E-state index is 10.5. The predicted octanol–water partition coefficient (Wildman–Crippen LogP) is 2.97. The summed E-state index contributed by atoms with van der Waals surface area (Å²) in [6.07, 6.45) is 7.92. The Morgan fingerprint density at radius 1 is 1.29 bits per heavy atom. The van der Waals surface area contributed by atoms with Gasteiger partial charge in [-0.05, 0) is 25.1 Å². The zero-order valence-corrected chi connectivity index (χ0v) is 8.01. The molecule has 2 nitrogen and oxygen atoms in total. The highest BCUT2D eigenvalue weighted by atomic mass is 16.5. The summed E-state index contributed by atoms with van der Waals surface area (Å²) in [6.45, 7) is 1.93. The molecule has 0 N–H and O–H groups in total. The third-order valence-electron chi connectivity index (χ3n) is 1.58. The summed E-state index contributed by atoms with van der Waals surface area (Å²) in [4.78, 5) is 10.5. The summed E-state index contributed by atoms with van der Waals surface area (Å²) in [5.41, 5.74) is 0.613. The fraction of sp³-hybridized carbons (Fsp3) is 0.0833. The Bertz CT molecular complexity index is 351. The van der Waals surface area contributed by atoms with Gasteiger partial charge in [0.05, 0.1) is 6.26 Å². The van der Waals surface area contributed by atoms with Gasteiger partial charge in [0, 0.05) is 5.56 Å². The molecule has 0 unspecified atom stereocenters. The van der Waals surface area contributed by atoms with Gasteiger partial charge in [0.2, 0.25) is 0 Å². The van der Waals surface area contributed by atoms with Crippen LogP contribution >= 0.6 is 0 Å². The smallest absolute Gasteiger partial charge is 0.150 e. The minimum Gasteiger partial charge on any atom is -0.465 e. The van der Waals surface area contributed by atoms with Crippen molar-refractivity contribution in [2.75, 3.05) is 0 Å². The summed E-state index contributed by atoms with van der Waals surface area (Å²) < 4.78 is 5.26. The Hall–Kier alpha value is -1.83. The Kier molecular flexibility index (Phi) is 4.21. The first-order valence-electron chi connectivity index (χ1n) is 4.36. The van der Waals surface area contributed by atoms with E-state index in [4.69, 9.17) is 4.74 Å². The van der Waals surface area contributed by atoms with Crippen molar-refractivity contribution < 1.29 is 9.53 Å². The highest BCUT2D eigenvalue weighted by Crippen LogP contribution is 2.11. The summed E-state index contributed by atoms with van der Waals surface area (Å²) in [5.74, 6) is 0.662. The molecule has 14 heavy (non-hydrogen) atoms. The van der Waals surface area contributed by atoms with Crippen LogP contribution < -0.4 is 4.74 Å². The Balaban J connectivity index is 2.62. The number of carbonyl (C=O) groups excluding carboxylic acids is 1. The topological polar surface area (TPSA) is 26.3 Å². The number of aldehydes is 1. The van der Waals surface area contributed by atoms with Gasteiger partial charge in [0.25, 0.3) is 0 Å². The summed E-state index contributed by atoms with van der Waals surface area (Å²) in [6, 6.07) is 7.00. The Labute approximate surface area is 83.5 Å². The van der Waals surface area contributed by atoms with Crippen molar-refractivity contribution in [1.29, 1.82) is 0 Å². The normalized spacial score (nSPS) is 10.9. The van der Waals surface area contributed by atoms with E-state index in [0.717, 1.165) is 6.29 Å². The lowest BCUT2D eigenvalue weighted by Gasteiger charge is -1.98. The average Bonchev–Trinajstić information content (AvgIpc) is 2.25. The maximum Gasteiger partial charge on any atom is 0.150 e. The lowest BCUT2D eigenvalue weighted by molar-refractivity contribution is 0.112. The van der Waals surface area contributed by atoms with E-state index < -0.39 is 0 Å². The van der Waals surface area contributed by atoms with Crippen molar-refractivity contribution in [2.24, 2.45) is 0 Å². The van der Waals surface area contributed by atoms with Crippen molar-refractivity contribution >= 4 is 6.29 Å². The standard InChI is InChI=1S/C12H12O2/c1-2-3-4-8-14-12-7-5-6-11(9-12)10-13/h2-10H,1H3/b3-2-,8-4-. The third-order valence-corrected chi connectivity index (χ3v) is 1.58. The van der Waals surface area contributed by atoms with E-state index in [2.05, 4.69) is 0 Å². The zero-order valence-electron chi connectivity index (χ0n) is 8.01. The molecule has 1 aromatic carbocycles. The first-order valence-corrected chi connectivity index (χ1v) is 4.36. The van der Waals surface area contributed by atoms with Gasteiger partial charge in [-0.2, -0.15) is 0 Å². The van der Waals surface area contributed by atoms with Crippen LogP contribution in [0.1, 0.15) is 17.3 Å². The molecule has 0 amide bonds. The van der Waals surface area contributed by atoms with Crippen LogP contribution in [-0.4, -0.2) is 6.29 Å². The van der Waals surface area contributed by atoms with E-state index in [-0.39, 0.29) is 0 Å². The molecule has 1 rings (SSSR count). The highest BCUT2D eigenvalue weighted by molar-refractivity contribution is 5.75. The lowest BCUT2D eigenvalue weighted by atomic mass is 10.2. The number of benzene rings is 1. The second-order valence-corrected chi connectivity index (χ2v) is 2.66. The second-order valence-electron chi connectivity index (χ2n) is 2.66. The quantitative estimate of drug-likeness (QED) is 0.412. The number of ether oxygens (including phenoxy) is 1. The molecule has 2 heteroatoms. The Morgan fingerprint density at radius 2 is 2.14 bits per heavy atom. The van der Waals surface area contributed by atoms with Gasteiger partial charge in [-0.1, -0.05) is 24.3 Å². The van der Waals surface area contributed by atoms with Crippen molar-refractivity contribution in [2.45, 2.75) is 6.92 Å². The van der Waals surface area contributed by atoms with Crippen molar-refractivity contribution in [3.8, 4) is 5.75 Å². The molecule has 0 aliphatic carbocycles. The van der Waals surface area contributed by atoms with Crippen LogP contribution in [0.25, 0.3) is 0 Å². The number of rotatable bonds is 4. The third kappa shape index (κ3) is 3.27. The SMILES string of the molecule is C/C=C\C=C/Oc1cccc(C=O)c1. The molecule has 0 saturated carbocycles. The van der Waals surface area contributed by atoms with E-state index in [1.807, 2.05) is 19.1 Å². The average molecular weight is 188 g/mol. The number of carbonyl (C=O) groups is 1. The number of hydrogen-bond acceptors (Lipinski definition) is 2. The van der Waals surface area contributed by atoms with Gasteiger partial charge < -0.3 is 4.74 Å². The van der Waals surface area contributed by atoms with Gasteiger partial charge in [0.15, 0.2) is 0 Å². The molecule has 0 saturated heterocycles. The molecule has 72 valence electrons. The van der Waals surface area contributed by atoms with E-state index in [9.17, 15) is 4.79 Å². The molecule has 0 heterocycles. The van der Waals surface area contributed by atoms with Gasteiger partial charge in [0.1, 0.15) is 12.0 Å². The predicted molar refractivity (Wildman–Crippen MR) is 56.4 cm³/mol. The summed E-state index contributed by atoms with van der Waals surface area (Å²) in [7, 11) is 0. The molecule has 0 radical (unpaired) electrons. The van der Waals surface area contributed by atoms with Crippen LogP contribution in [0.4, 0.5) is 0 Å². The minimum absolute atomic E-state index is 0.613. The molecule has 1 aromatic rings. The van der Waals surface area contributed by atoms with Gasteiger partial charge >= 0.3 is 0 Å². The molecule has 0 aliphatic heterocycles. The van der Waals surface area contributed by atoms with Gasteiger partial charge in [-0.25, -0.2) is 0 Å². The number of hydrogen-bond donors (Lipinski definition) is 0. The van der Waals surface area contributed by atoms with E-state index in [1.165, 1.54) is 0 Å². The van der Waals surface area contributed by atoms with Crippen LogP contribution in [0, 0.1) is 0 Å². The molecule has 0 spiro atoms. The molecular formula is C12H12O2. The second kappa shape index (κ2) is 5.75. The van der Waals surface area contributed by atoms with E-state index in [1.54, 1.807) is 36.6 Å². The van der Waals surface area contributed by atoms with Gasteiger partial charge in [-0.3, -0.25) is 4.79 Å². The monoisotopic (exact) mass is 188 g/mol. The van der Waals surface area contributed by atoms with Crippen LogP contribution in [-0.2, 0) is 0 Å². The fourth-order valence-corrected chi connectivity index (χ4v) is 0.935. The molecular weight excluding hydrogens is 176 g/mol. The lowest BCUT2D eigenvalue weighted by Crippen LogP contribution is -1.84. The Morgan fingerprint density at radius 3 is 2.86 bits per heavy atom. The molecule has 0 aromatic heterocycles. The van der Waals surface area contributed by atoms with Gasteiger partial charge in [-0.15, -0.1) is 0 Å². The maximum atomic E-state index is 10.5. The largest absolute Gasteiger partial charge is 0.465 e. The van der Waals surface area contributed by atoms with Crippen molar-refractivity contribution in [1.82, 2.24) is 0 Å². The van der Waals surface area contributed by atoms with E-state index in [0.29, 0.717) is 11.3 Å². The van der Waals surface area contributed by atoms with E-state index >= 15 is 0 Å². The van der Waals surface area contributed by atoms with Crippen LogP contribution in [0.3, 0.4) is 0 Å². The fourth-order valence-electron chi connectivity index (χ4n) is 0.935. The van der Waals surface area contributed by atoms with Crippen molar-refractivity contribution in [3.05, 3.63) is 54.3 Å².